The molecule has 9 nitrogen and oxygen atoms in total. The van der Waals surface area contributed by atoms with Crippen molar-refractivity contribution in [1.29, 1.82) is 0 Å². The molecule has 1 heterocycles. The Kier molecular flexibility index (Phi) is 38.7. The van der Waals surface area contributed by atoms with Gasteiger partial charge in [0.25, 0.3) is 0 Å². The second kappa shape index (κ2) is 41.0. The van der Waals surface area contributed by atoms with Gasteiger partial charge in [0.05, 0.1) is 19.8 Å². The summed E-state index contributed by atoms with van der Waals surface area (Å²) in [5.74, 6) is -0.320. The molecule has 9 heteroatoms. The Labute approximate surface area is 356 Å². The first kappa shape index (κ1) is 54.7. The third-order valence-corrected chi connectivity index (χ3v) is 11.3. The Hall–Kier alpha value is -1.33. The third kappa shape index (κ3) is 31.5. The van der Waals surface area contributed by atoms with Crippen LogP contribution in [0.4, 0.5) is 0 Å². The fourth-order valence-corrected chi connectivity index (χ4v) is 7.48. The highest BCUT2D eigenvalue weighted by atomic mass is 16.7. The van der Waals surface area contributed by atoms with Crippen LogP contribution in [-0.2, 0) is 23.7 Å². The first-order valence-electron chi connectivity index (χ1n) is 24.4. The van der Waals surface area contributed by atoms with E-state index >= 15 is 0 Å². The molecular weight excluding hydrogens is 733 g/mol. The number of carbonyl (C=O) groups is 1. The van der Waals surface area contributed by atoms with E-state index in [0.717, 1.165) is 44.9 Å². The fraction of sp³-hybridized carbons (Fsp3) is 0.898. The van der Waals surface area contributed by atoms with E-state index in [-0.39, 0.29) is 19.2 Å². The van der Waals surface area contributed by atoms with Gasteiger partial charge < -0.3 is 39.4 Å². The van der Waals surface area contributed by atoms with Crippen LogP contribution >= 0.6 is 0 Å². The molecule has 0 aromatic carbocycles. The number of carbonyl (C=O) groups excluding carboxylic acids is 1. The average molecular weight is 825 g/mol. The molecule has 6 unspecified atom stereocenters. The van der Waals surface area contributed by atoms with E-state index in [1.165, 1.54) is 154 Å². The second-order valence-corrected chi connectivity index (χ2v) is 16.9. The minimum absolute atomic E-state index is 0.114. The summed E-state index contributed by atoms with van der Waals surface area (Å²) in [4.78, 5) is 12.8. The first-order chi connectivity index (χ1) is 28.4. The number of aliphatic hydroxyl groups excluding tert-OH is 4. The molecule has 0 spiro atoms. The molecule has 1 saturated heterocycles. The first-order valence-corrected chi connectivity index (χ1v) is 24.4. The van der Waals surface area contributed by atoms with Gasteiger partial charge in [-0.15, -0.1) is 0 Å². The molecule has 342 valence electrons. The zero-order valence-electron chi connectivity index (χ0n) is 37.6. The Morgan fingerprint density at radius 1 is 0.534 bits per heavy atom. The van der Waals surface area contributed by atoms with Crippen LogP contribution in [0.3, 0.4) is 0 Å². The highest BCUT2D eigenvalue weighted by Crippen LogP contribution is 2.23. The van der Waals surface area contributed by atoms with Crippen LogP contribution in [0.1, 0.15) is 219 Å². The van der Waals surface area contributed by atoms with Crippen LogP contribution in [0.5, 0.6) is 0 Å². The normalized spacial score (nSPS) is 20.4. The van der Waals surface area contributed by atoms with Gasteiger partial charge in [0.15, 0.2) is 6.29 Å². The van der Waals surface area contributed by atoms with Gasteiger partial charge in [0.1, 0.15) is 30.5 Å². The molecule has 0 bridgehead atoms. The Bertz CT molecular complexity index is 941. The van der Waals surface area contributed by atoms with Crippen molar-refractivity contribution in [3.05, 3.63) is 24.3 Å². The molecule has 1 aliphatic heterocycles. The van der Waals surface area contributed by atoms with Crippen molar-refractivity contribution in [1.82, 2.24) is 0 Å². The number of hydrogen-bond donors (Lipinski definition) is 4. The molecule has 4 N–H and O–H groups in total. The van der Waals surface area contributed by atoms with Crippen LogP contribution in [0, 0.1) is 0 Å². The maximum atomic E-state index is 12.8. The Morgan fingerprint density at radius 3 is 1.40 bits per heavy atom. The van der Waals surface area contributed by atoms with Crippen molar-refractivity contribution in [2.75, 3.05) is 26.4 Å². The highest BCUT2D eigenvalue weighted by Gasteiger charge is 2.44. The van der Waals surface area contributed by atoms with Crippen molar-refractivity contribution >= 4 is 5.97 Å². The van der Waals surface area contributed by atoms with Crippen molar-refractivity contribution in [2.24, 2.45) is 0 Å². The maximum Gasteiger partial charge on any atom is 0.306 e. The van der Waals surface area contributed by atoms with Crippen LogP contribution in [0.25, 0.3) is 0 Å². The van der Waals surface area contributed by atoms with Gasteiger partial charge in [-0.25, -0.2) is 0 Å². The zero-order valence-corrected chi connectivity index (χ0v) is 37.6. The number of aliphatic hydroxyl groups is 4. The highest BCUT2D eigenvalue weighted by molar-refractivity contribution is 5.69. The topological polar surface area (TPSA) is 135 Å². The molecule has 1 rings (SSSR count). The smallest absolute Gasteiger partial charge is 0.306 e. The lowest BCUT2D eigenvalue weighted by Gasteiger charge is -2.39. The zero-order chi connectivity index (χ0) is 42.2. The molecule has 1 fully saturated rings. The number of unbranched alkanes of at least 4 members (excludes halogenated alkanes) is 27. The summed E-state index contributed by atoms with van der Waals surface area (Å²) in [6, 6.07) is 0. The summed E-state index contributed by atoms with van der Waals surface area (Å²) in [7, 11) is 0. The number of esters is 1. The lowest BCUT2D eigenvalue weighted by Crippen LogP contribution is -2.59. The van der Waals surface area contributed by atoms with Crippen LogP contribution in [0.15, 0.2) is 24.3 Å². The van der Waals surface area contributed by atoms with E-state index in [0.29, 0.717) is 13.0 Å². The van der Waals surface area contributed by atoms with E-state index in [4.69, 9.17) is 18.9 Å². The van der Waals surface area contributed by atoms with E-state index in [2.05, 4.69) is 38.2 Å². The number of ether oxygens (including phenoxy) is 4. The molecule has 0 aromatic heterocycles. The maximum absolute atomic E-state index is 12.8. The number of rotatable bonds is 42. The van der Waals surface area contributed by atoms with Crippen LogP contribution in [0.2, 0.25) is 0 Å². The molecule has 0 aromatic rings. The predicted molar refractivity (Wildman–Crippen MR) is 238 cm³/mol. The van der Waals surface area contributed by atoms with Gasteiger partial charge >= 0.3 is 5.97 Å². The van der Waals surface area contributed by atoms with Gasteiger partial charge in [-0.2, -0.15) is 0 Å². The summed E-state index contributed by atoms with van der Waals surface area (Å²) in [6.45, 7) is 4.56. The Morgan fingerprint density at radius 2 is 0.948 bits per heavy atom. The molecule has 0 saturated carbocycles. The monoisotopic (exact) mass is 825 g/mol. The fourth-order valence-electron chi connectivity index (χ4n) is 7.48. The number of hydrogen-bond acceptors (Lipinski definition) is 9. The summed E-state index contributed by atoms with van der Waals surface area (Å²) < 4.78 is 22.9. The molecule has 0 amide bonds. The SMILES string of the molecule is CCCCCCCC/C=C\CCCCCCCCCCCCOCC(COC1OC(CO)C(O)C(O)C1O)OC(=O)CCCCCCC/C=C\CCCCCCCC. The van der Waals surface area contributed by atoms with Gasteiger partial charge in [0, 0.05) is 13.0 Å². The summed E-state index contributed by atoms with van der Waals surface area (Å²) in [5, 5.41) is 40.2. The van der Waals surface area contributed by atoms with Crippen LogP contribution in [-0.4, -0.2) is 89.6 Å². The van der Waals surface area contributed by atoms with Crippen LogP contribution < -0.4 is 0 Å². The molecular formula is C49H92O9. The average Bonchev–Trinajstić information content (AvgIpc) is 3.22. The Balaban J connectivity index is 2.22. The molecule has 6 atom stereocenters. The van der Waals surface area contributed by atoms with Crippen molar-refractivity contribution in [2.45, 2.75) is 256 Å². The summed E-state index contributed by atoms with van der Waals surface area (Å²) >= 11 is 0. The van der Waals surface area contributed by atoms with Gasteiger partial charge in [-0.1, -0.05) is 173 Å². The lowest BCUT2D eigenvalue weighted by atomic mass is 9.99. The molecule has 0 radical (unpaired) electrons. The van der Waals surface area contributed by atoms with Gasteiger partial charge in [-0.05, 0) is 64.2 Å². The minimum atomic E-state index is -1.54. The standard InChI is InChI=1S/C49H92O9/c1-3-5-7-9-11-13-15-17-19-20-21-22-23-25-27-29-31-33-35-37-39-55-41-43(42-56-49-48(54)47(53)46(52)44(40-50)58-49)57-45(51)38-36-34-32-30-28-26-24-18-16-14-12-10-8-6-4-2/h17-19,24,43-44,46-50,52-54H,3-16,20-23,25-42H2,1-2H3/b19-17-,24-18-. The van der Waals surface area contributed by atoms with Crippen molar-refractivity contribution < 1.29 is 44.2 Å². The van der Waals surface area contributed by atoms with Gasteiger partial charge in [-0.3, -0.25) is 4.79 Å². The third-order valence-electron chi connectivity index (χ3n) is 11.3. The number of allylic oxidation sites excluding steroid dienone is 4. The minimum Gasteiger partial charge on any atom is -0.457 e. The van der Waals surface area contributed by atoms with E-state index < -0.39 is 43.4 Å². The van der Waals surface area contributed by atoms with E-state index in [1.54, 1.807) is 0 Å². The van der Waals surface area contributed by atoms with E-state index in [9.17, 15) is 25.2 Å². The van der Waals surface area contributed by atoms with Crippen molar-refractivity contribution in [3.63, 3.8) is 0 Å². The van der Waals surface area contributed by atoms with Crippen molar-refractivity contribution in [3.8, 4) is 0 Å². The summed E-state index contributed by atoms with van der Waals surface area (Å²) in [6.07, 6.45) is 40.6. The quantitative estimate of drug-likeness (QED) is 0.0269. The second-order valence-electron chi connectivity index (χ2n) is 16.9. The molecule has 58 heavy (non-hydrogen) atoms. The largest absolute Gasteiger partial charge is 0.457 e. The lowest BCUT2D eigenvalue weighted by molar-refractivity contribution is -0.305. The van der Waals surface area contributed by atoms with E-state index in [1.807, 2.05) is 0 Å². The summed E-state index contributed by atoms with van der Waals surface area (Å²) in [5.41, 5.74) is 0. The predicted octanol–water partition coefficient (Wildman–Crippen LogP) is 11.4. The van der Waals surface area contributed by atoms with Gasteiger partial charge in [0.2, 0.25) is 0 Å². The molecule has 0 aliphatic carbocycles. The molecule has 1 aliphatic rings.